The summed E-state index contributed by atoms with van der Waals surface area (Å²) in [5.74, 6) is 0.362. The number of hydrogen-bond donors (Lipinski definition) is 0. The van der Waals surface area contributed by atoms with Crippen molar-refractivity contribution in [3.8, 4) is 5.69 Å². The molecule has 19 heavy (non-hydrogen) atoms. The van der Waals surface area contributed by atoms with Crippen LogP contribution in [0, 0.1) is 0 Å². The number of carbonyl (C=O) groups is 1. The van der Waals surface area contributed by atoms with E-state index in [1.165, 1.54) is 12.8 Å². The van der Waals surface area contributed by atoms with Gasteiger partial charge >= 0.3 is 0 Å². The second-order valence-corrected chi connectivity index (χ2v) is 5.16. The first-order valence-corrected chi connectivity index (χ1v) is 6.83. The van der Waals surface area contributed by atoms with Gasteiger partial charge in [-0.3, -0.25) is 9.78 Å². The van der Waals surface area contributed by atoms with Crippen molar-refractivity contribution in [3.63, 3.8) is 0 Å². The van der Waals surface area contributed by atoms with E-state index in [1.54, 1.807) is 17.1 Å². The number of halogens is 1. The fourth-order valence-electron chi connectivity index (χ4n) is 2.69. The summed E-state index contributed by atoms with van der Waals surface area (Å²) in [7, 11) is 0. The van der Waals surface area contributed by atoms with Crippen LogP contribution < -0.4 is 0 Å². The molecule has 0 spiro atoms. The number of nitrogens with zero attached hydrogens (tertiary/aromatic N) is 3. The van der Waals surface area contributed by atoms with Crippen LogP contribution in [-0.2, 0) is 0 Å². The van der Waals surface area contributed by atoms with E-state index in [2.05, 4.69) is 10.1 Å². The summed E-state index contributed by atoms with van der Waals surface area (Å²) < 4.78 is 1.63. The van der Waals surface area contributed by atoms with E-state index in [1.807, 2.05) is 12.1 Å². The van der Waals surface area contributed by atoms with Crippen LogP contribution in [0.15, 0.2) is 24.5 Å². The molecule has 0 aromatic carbocycles. The summed E-state index contributed by atoms with van der Waals surface area (Å²) in [5.41, 5.74) is 2.20. The van der Waals surface area contributed by atoms with E-state index in [9.17, 15) is 4.79 Å². The van der Waals surface area contributed by atoms with Gasteiger partial charge in [0.25, 0.3) is 0 Å². The number of rotatable bonds is 3. The highest BCUT2D eigenvalue weighted by molar-refractivity contribution is 6.32. The molecule has 1 aliphatic carbocycles. The lowest BCUT2D eigenvalue weighted by atomic mass is 10.0. The molecule has 1 saturated carbocycles. The molecule has 0 radical (unpaired) electrons. The number of hydrogen-bond acceptors (Lipinski definition) is 3. The third-order valence-corrected chi connectivity index (χ3v) is 4.02. The Morgan fingerprint density at radius 3 is 2.58 bits per heavy atom. The molecule has 0 saturated heterocycles. The molecule has 0 bridgehead atoms. The topological polar surface area (TPSA) is 47.8 Å². The maximum absolute atomic E-state index is 11.3. The van der Waals surface area contributed by atoms with E-state index in [0.29, 0.717) is 16.6 Å². The van der Waals surface area contributed by atoms with Gasteiger partial charge in [0.15, 0.2) is 6.29 Å². The van der Waals surface area contributed by atoms with Crippen molar-refractivity contribution in [2.45, 2.75) is 31.6 Å². The minimum atomic E-state index is 0.362. The standard InChI is InChI=1S/C14H14ClN3O/c15-14-12(9-19)13(10-3-1-2-4-10)17-18(14)11-5-7-16-8-6-11/h5-10H,1-4H2. The SMILES string of the molecule is O=Cc1c(C2CCCC2)nn(-c2ccncc2)c1Cl. The zero-order valence-electron chi connectivity index (χ0n) is 10.4. The van der Waals surface area contributed by atoms with Crippen LogP contribution in [0.25, 0.3) is 5.69 Å². The summed E-state index contributed by atoms with van der Waals surface area (Å²) in [5, 5.41) is 4.95. The molecular weight excluding hydrogens is 262 g/mol. The zero-order valence-corrected chi connectivity index (χ0v) is 11.2. The van der Waals surface area contributed by atoms with Gasteiger partial charge in [0.1, 0.15) is 5.15 Å². The van der Waals surface area contributed by atoms with Crippen molar-refractivity contribution in [3.05, 3.63) is 40.9 Å². The Labute approximate surface area is 116 Å². The molecule has 0 N–H and O–H groups in total. The normalized spacial score (nSPS) is 15.8. The average Bonchev–Trinajstić information content (AvgIpc) is 3.07. The average molecular weight is 276 g/mol. The van der Waals surface area contributed by atoms with Crippen LogP contribution in [0.3, 0.4) is 0 Å². The van der Waals surface area contributed by atoms with E-state index in [-0.39, 0.29) is 0 Å². The predicted molar refractivity (Wildman–Crippen MR) is 73.0 cm³/mol. The number of aromatic nitrogens is 3. The summed E-state index contributed by atoms with van der Waals surface area (Å²) in [6.45, 7) is 0. The number of pyridine rings is 1. The van der Waals surface area contributed by atoms with Gasteiger partial charge in [0.2, 0.25) is 0 Å². The molecule has 0 unspecified atom stereocenters. The van der Waals surface area contributed by atoms with Crippen LogP contribution in [-0.4, -0.2) is 21.1 Å². The lowest BCUT2D eigenvalue weighted by Crippen LogP contribution is -2.00. The summed E-state index contributed by atoms with van der Waals surface area (Å²) >= 11 is 6.29. The van der Waals surface area contributed by atoms with E-state index >= 15 is 0 Å². The van der Waals surface area contributed by atoms with Gasteiger partial charge in [-0.2, -0.15) is 5.10 Å². The van der Waals surface area contributed by atoms with Crippen molar-refractivity contribution in [1.29, 1.82) is 0 Å². The highest BCUT2D eigenvalue weighted by atomic mass is 35.5. The van der Waals surface area contributed by atoms with Crippen molar-refractivity contribution < 1.29 is 4.79 Å². The molecule has 2 aromatic heterocycles. The van der Waals surface area contributed by atoms with E-state index in [0.717, 1.165) is 30.5 Å². The molecule has 98 valence electrons. The second kappa shape index (κ2) is 5.13. The van der Waals surface area contributed by atoms with E-state index < -0.39 is 0 Å². The van der Waals surface area contributed by atoms with Crippen molar-refractivity contribution >= 4 is 17.9 Å². The first-order valence-electron chi connectivity index (χ1n) is 6.45. The molecule has 0 amide bonds. The Hall–Kier alpha value is -1.68. The molecule has 5 heteroatoms. The number of aldehydes is 1. The monoisotopic (exact) mass is 275 g/mol. The highest BCUT2D eigenvalue weighted by Gasteiger charge is 2.26. The minimum absolute atomic E-state index is 0.362. The molecule has 1 fully saturated rings. The fraction of sp³-hybridized carbons (Fsp3) is 0.357. The first kappa shape index (κ1) is 12.4. The number of carbonyl (C=O) groups excluding carboxylic acids is 1. The quantitative estimate of drug-likeness (QED) is 0.807. The van der Waals surface area contributed by atoms with Gasteiger partial charge in [0.05, 0.1) is 16.9 Å². The Morgan fingerprint density at radius 2 is 1.95 bits per heavy atom. The molecule has 3 rings (SSSR count). The Bertz CT molecular complexity index is 588. The predicted octanol–water partition coefficient (Wildman–Crippen LogP) is 3.39. The van der Waals surface area contributed by atoms with Crippen LogP contribution in [0.4, 0.5) is 0 Å². The van der Waals surface area contributed by atoms with Crippen LogP contribution in [0.5, 0.6) is 0 Å². The Kier molecular flexibility index (Phi) is 3.34. The third-order valence-electron chi connectivity index (χ3n) is 3.66. The summed E-state index contributed by atoms with van der Waals surface area (Å²) in [6, 6.07) is 3.65. The molecule has 4 nitrogen and oxygen atoms in total. The highest BCUT2D eigenvalue weighted by Crippen LogP contribution is 2.37. The fourth-order valence-corrected chi connectivity index (χ4v) is 2.97. The second-order valence-electron chi connectivity index (χ2n) is 4.81. The molecule has 2 heterocycles. The Balaban J connectivity index is 2.09. The maximum atomic E-state index is 11.3. The van der Waals surface area contributed by atoms with Crippen molar-refractivity contribution in [2.75, 3.05) is 0 Å². The van der Waals surface area contributed by atoms with Crippen LogP contribution >= 0.6 is 11.6 Å². The smallest absolute Gasteiger partial charge is 0.155 e. The molecule has 1 aliphatic rings. The van der Waals surface area contributed by atoms with Gasteiger partial charge in [0, 0.05) is 18.3 Å². The lowest BCUT2D eigenvalue weighted by Gasteiger charge is -2.05. The summed E-state index contributed by atoms with van der Waals surface area (Å²) in [4.78, 5) is 15.3. The first-order chi connectivity index (χ1) is 9.31. The zero-order chi connectivity index (χ0) is 13.2. The molecule has 0 atom stereocenters. The maximum Gasteiger partial charge on any atom is 0.155 e. The molecule has 2 aromatic rings. The van der Waals surface area contributed by atoms with Gasteiger partial charge < -0.3 is 0 Å². The Morgan fingerprint density at radius 1 is 1.26 bits per heavy atom. The third kappa shape index (κ3) is 2.16. The van der Waals surface area contributed by atoms with Crippen LogP contribution in [0.2, 0.25) is 5.15 Å². The molecule has 0 aliphatic heterocycles. The van der Waals surface area contributed by atoms with E-state index in [4.69, 9.17) is 11.6 Å². The van der Waals surface area contributed by atoms with Crippen molar-refractivity contribution in [2.24, 2.45) is 0 Å². The largest absolute Gasteiger partial charge is 0.298 e. The van der Waals surface area contributed by atoms with Crippen molar-refractivity contribution in [1.82, 2.24) is 14.8 Å². The van der Waals surface area contributed by atoms with Gasteiger partial charge in [-0.15, -0.1) is 0 Å². The van der Waals surface area contributed by atoms with Gasteiger partial charge in [-0.25, -0.2) is 4.68 Å². The van der Waals surface area contributed by atoms with Gasteiger partial charge in [-0.05, 0) is 25.0 Å². The lowest BCUT2D eigenvalue weighted by molar-refractivity contribution is 0.112. The van der Waals surface area contributed by atoms with Crippen LogP contribution in [0.1, 0.15) is 47.7 Å². The minimum Gasteiger partial charge on any atom is -0.298 e. The van der Waals surface area contributed by atoms with Gasteiger partial charge in [-0.1, -0.05) is 24.4 Å². The molecular formula is C14H14ClN3O. The summed E-state index contributed by atoms with van der Waals surface area (Å²) in [6.07, 6.45) is 8.76.